The van der Waals surface area contributed by atoms with Crippen molar-refractivity contribution in [3.8, 4) is 0 Å². The number of nitrogens with zero attached hydrogens (tertiary/aromatic N) is 1. The number of hydrogen-bond acceptors (Lipinski definition) is 3. The van der Waals surface area contributed by atoms with Gasteiger partial charge in [-0.05, 0) is 30.5 Å². The largest absolute Gasteiger partial charge is 0.399 e. The van der Waals surface area contributed by atoms with E-state index in [1.165, 1.54) is 5.56 Å². The van der Waals surface area contributed by atoms with Gasteiger partial charge >= 0.3 is 0 Å². The fourth-order valence-corrected chi connectivity index (χ4v) is 2.31. The standard InChI is InChI=1S/C13H20N2O/c1-4-16-15-8-12(9(2)3)11-6-5-10(14)7-13(11)15/h5-7,9,12H,4,8,14H2,1-3H3. The molecule has 3 nitrogen and oxygen atoms in total. The van der Waals surface area contributed by atoms with Crippen molar-refractivity contribution in [2.75, 3.05) is 23.9 Å². The number of hydroxylamine groups is 1. The molecule has 1 aliphatic rings. The van der Waals surface area contributed by atoms with Gasteiger partial charge in [0.2, 0.25) is 0 Å². The minimum atomic E-state index is 0.544. The molecular formula is C13H20N2O. The van der Waals surface area contributed by atoms with Crippen molar-refractivity contribution in [3.05, 3.63) is 23.8 Å². The molecule has 0 fully saturated rings. The molecule has 0 bridgehead atoms. The predicted molar refractivity (Wildman–Crippen MR) is 67.4 cm³/mol. The van der Waals surface area contributed by atoms with Crippen LogP contribution in [0.1, 0.15) is 32.3 Å². The average molecular weight is 220 g/mol. The highest BCUT2D eigenvalue weighted by Crippen LogP contribution is 2.41. The van der Waals surface area contributed by atoms with Gasteiger partial charge in [-0.3, -0.25) is 9.90 Å². The van der Waals surface area contributed by atoms with Gasteiger partial charge < -0.3 is 5.73 Å². The van der Waals surface area contributed by atoms with Crippen molar-refractivity contribution in [1.82, 2.24) is 0 Å². The molecule has 0 aliphatic carbocycles. The molecule has 1 aromatic carbocycles. The number of hydrogen-bond donors (Lipinski definition) is 1. The summed E-state index contributed by atoms with van der Waals surface area (Å²) in [6.45, 7) is 8.14. The fourth-order valence-electron chi connectivity index (χ4n) is 2.31. The molecule has 1 atom stereocenters. The third kappa shape index (κ3) is 1.87. The van der Waals surface area contributed by atoms with Gasteiger partial charge in [-0.2, -0.15) is 0 Å². The quantitative estimate of drug-likeness (QED) is 0.796. The first-order chi connectivity index (χ1) is 7.63. The highest BCUT2D eigenvalue weighted by molar-refractivity contribution is 5.64. The third-order valence-corrected chi connectivity index (χ3v) is 3.17. The number of rotatable bonds is 3. The summed E-state index contributed by atoms with van der Waals surface area (Å²) in [4.78, 5) is 5.64. The van der Waals surface area contributed by atoms with Crippen LogP contribution in [0.5, 0.6) is 0 Å². The Morgan fingerprint density at radius 1 is 1.50 bits per heavy atom. The number of anilines is 2. The summed E-state index contributed by atoms with van der Waals surface area (Å²) in [5, 5.41) is 1.98. The molecule has 0 radical (unpaired) electrons. The molecule has 16 heavy (non-hydrogen) atoms. The lowest BCUT2D eigenvalue weighted by molar-refractivity contribution is 0.120. The van der Waals surface area contributed by atoms with Gasteiger partial charge in [0.15, 0.2) is 0 Å². The maximum absolute atomic E-state index is 5.83. The molecule has 1 heterocycles. The van der Waals surface area contributed by atoms with Crippen LogP contribution in [-0.2, 0) is 4.84 Å². The van der Waals surface area contributed by atoms with Crippen molar-refractivity contribution in [2.24, 2.45) is 5.92 Å². The lowest BCUT2D eigenvalue weighted by Crippen LogP contribution is -2.23. The molecule has 1 aliphatic heterocycles. The molecule has 0 amide bonds. The summed E-state index contributed by atoms with van der Waals surface area (Å²) < 4.78 is 0. The molecule has 0 spiro atoms. The van der Waals surface area contributed by atoms with Gasteiger partial charge in [0.1, 0.15) is 0 Å². The smallest absolute Gasteiger partial charge is 0.0720 e. The van der Waals surface area contributed by atoms with Gasteiger partial charge in [0, 0.05) is 11.6 Å². The summed E-state index contributed by atoms with van der Waals surface area (Å²) >= 11 is 0. The van der Waals surface area contributed by atoms with Crippen molar-refractivity contribution in [2.45, 2.75) is 26.7 Å². The summed E-state index contributed by atoms with van der Waals surface area (Å²) in [6, 6.07) is 6.12. The van der Waals surface area contributed by atoms with Crippen LogP contribution in [0.4, 0.5) is 11.4 Å². The molecule has 1 unspecified atom stereocenters. The minimum absolute atomic E-state index is 0.544. The summed E-state index contributed by atoms with van der Waals surface area (Å²) in [5.41, 5.74) is 9.13. The molecule has 0 saturated carbocycles. The second-order valence-electron chi connectivity index (χ2n) is 4.65. The normalized spacial score (nSPS) is 19.2. The Morgan fingerprint density at radius 2 is 2.25 bits per heavy atom. The van der Waals surface area contributed by atoms with E-state index in [0.29, 0.717) is 18.4 Å². The highest BCUT2D eigenvalue weighted by atomic mass is 16.7. The third-order valence-electron chi connectivity index (χ3n) is 3.17. The molecule has 0 aromatic heterocycles. The van der Waals surface area contributed by atoms with Crippen LogP contribution in [0, 0.1) is 5.92 Å². The molecule has 3 heteroatoms. The topological polar surface area (TPSA) is 38.5 Å². The Labute approximate surface area is 97.1 Å². The molecule has 2 rings (SSSR count). The number of fused-ring (bicyclic) bond motifs is 1. The number of benzene rings is 1. The van der Waals surface area contributed by atoms with Crippen molar-refractivity contribution >= 4 is 11.4 Å². The molecule has 2 N–H and O–H groups in total. The van der Waals surface area contributed by atoms with E-state index in [4.69, 9.17) is 10.6 Å². The van der Waals surface area contributed by atoms with Gasteiger partial charge in [0.25, 0.3) is 0 Å². The zero-order valence-electron chi connectivity index (χ0n) is 10.2. The maximum Gasteiger partial charge on any atom is 0.0720 e. The molecule has 0 saturated heterocycles. The van der Waals surface area contributed by atoms with E-state index in [9.17, 15) is 0 Å². The first kappa shape index (κ1) is 11.3. The Bertz CT molecular complexity index is 376. The van der Waals surface area contributed by atoms with Crippen molar-refractivity contribution < 1.29 is 4.84 Å². The fraction of sp³-hybridized carbons (Fsp3) is 0.538. The number of nitrogens with two attached hydrogens (primary N) is 1. The van der Waals surface area contributed by atoms with Crippen LogP contribution in [0.3, 0.4) is 0 Å². The van der Waals surface area contributed by atoms with Crippen LogP contribution >= 0.6 is 0 Å². The van der Waals surface area contributed by atoms with E-state index >= 15 is 0 Å². The van der Waals surface area contributed by atoms with Gasteiger partial charge in [-0.1, -0.05) is 19.9 Å². The van der Waals surface area contributed by atoms with Crippen LogP contribution in [0.2, 0.25) is 0 Å². The Morgan fingerprint density at radius 3 is 2.88 bits per heavy atom. The summed E-state index contributed by atoms with van der Waals surface area (Å²) in [6.07, 6.45) is 0. The Hall–Kier alpha value is -1.22. The van der Waals surface area contributed by atoms with Gasteiger partial charge in [0.05, 0.1) is 18.8 Å². The lowest BCUT2D eigenvalue weighted by Gasteiger charge is -2.19. The SMILES string of the molecule is CCON1CC(C(C)C)c2ccc(N)cc21. The van der Waals surface area contributed by atoms with E-state index in [0.717, 1.165) is 17.9 Å². The second-order valence-corrected chi connectivity index (χ2v) is 4.65. The predicted octanol–water partition coefficient (Wildman–Crippen LogP) is 2.78. The van der Waals surface area contributed by atoms with Crippen molar-refractivity contribution in [1.29, 1.82) is 0 Å². The summed E-state index contributed by atoms with van der Waals surface area (Å²) in [7, 11) is 0. The molecule has 88 valence electrons. The van der Waals surface area contributed by atoms with E-state index in [1.807, 2.05) is 24.1 Å². The first-order valence-electron chi connectivity index (χ1n) is 5.93. The first-order valence-corrected chi connectivity index (χ1v) is 5.93. The van der Waals surface area contributed by atoms with E-state index in [1.54, 1.807) is 0 Å². The Kier molecular flexibility index (Phi) is 3.06. The highest BCUT2D eigenvalue weighted by Gasteiger charge is 2.31. The number of nitrogen functional groups attached to an aromatic ring is 1. The van der Waals surface area contributed by atoms with Gasteiger partial charge in [-0.15, -0.1) is 0 Å². The minimum Gasteiger partial charge on any atom is -0.399 e. The van der Waals surface area contributed by atoms with Crippen LogP contribution in [0.25, 0.3) is 0 Å². The zero-order valence-corrected chi connectivity index (χ0v) is 10.2. The van der Waals surface area contributed by atoms with Crippen molar-refractivity contribution in [3.63, 3.8) is 0 Å². The monoisotopic (exact) mass is 220 g/mol. The Balaban J connectivity index is 2.36. The van der Waals surface area contributed by atoms with E-state index < -0.39 is 0 Å². The van der Waals surface area contributed by atoms with Crippen LogP contribution in [-0.4, -0.2) is 13.2 Å². The second kappa shape index (κ2) is 4.34. The van der Waals surface area contributed by atoms with E-state index in [2.05, 4.69) is 19.9 Å². The van der Waals surface area contributed by atoms with Crippen LogP contribution < -0.4 is 10.8 Å². The van der Waals surface area contributed by atoms with Gasteiger partial charge in [-0.25, -0.2) is 0 Å². The molecular weight excluding hydrogens is 200 g/mol. The van der Waals surface area contributed by atoms with E-state index in [-0.39, 0.29) is 0 Å². The summed E-state index contributed by atoms with van der Waals surface area (Å²) in [5.74, 6) is 1.16. The van der Waals surface area contributed by atoms with Crippen LogP contribution in [0.15, 0.2) is 18.2 Å². The average Bonchev–Trinajstić information content (AvgIpc) is 2.58. The maximum atomic E-state index is 5.83. The molecule has 1 aromatic rings. The lowest BCUT2D eigenvalue weighted by atomic mass is 9.90. The zero-order chi connectivity index (χ0) is 11.7.